The summed E-state index contributed by atoms with van der Waals surface area (Å²) in [7, 11) is 1.80. The maximum Gasteiger partial charge on any atom is 0.272 e. The van der Waals surface area contributed by atoms with Crippen molar-refractivity contribution in [3.63, 3.8) is 0 Å². The number of amides is 2. The molecule has 0 atom stereocenters. The molecule has 0 fully saturated rings. The first-order valence-corrected chi connectivity index (χ1v) is 7.32. The maximum absolute atomic E-state index is 12.1. The van der Waals surface area contributed by atoms with Gasteiger partial charge in [0, 0.05) is 35.5 Å². The monoisotopic (exact) mass is 349 g/mol. The molecule has 2 rings (SSSR count). The van der Waals surface area contributed by atoms with Crippen molar-refractivity contribution in [3.8, 4) is 0 Å². The topological polar surface area (TPSA) is 63.1 Å². The summed E-state index contributed by atoms with van der Waals surface area (Å²) in [4.78, 5) is 23.8. The summed E-state index contributed by atoms with van der Waals surface area (Å²) in [6, 6.07) is 8.53. The molecule has 21 heavy (non-hydrogen) atoms. The summed E-state index contributed by atoms with van der Waals surface area (Å²) >= 11 is 3.33. The molecular weight excluding hydrogens is 334 g/mol. The maximum atomic E-state index is 12.1. The lowest BCUT2D eigenvalue weighted by Crippen LogP contribution is -2.22. The summed E-state index contributed by atoms with van der Waals surface area (Å²) in [6.45, 7) is 2.45. The van der Waals surface area contributed by atoms with Gasteiger partial charge >= 0.3 is 0 Å². The van der Waals surface area contributed by atoms with Crippen LogP contribution in [0.3, 0.4) is 0 Å². The number of carbonyl (C=O) groups excluding carboxylic acids is 2. The Bertz CT molecular complexity index is 662. The van der Waals surface area contributed by atoms with E-state index in [1.807, 2.05) is 13.1 Å². The van der Waals surface area contributed by atoms with E-state index in [-0.39, 0.29) is 11.8 Å². The van der Waals surface area contributed by atoms with Crippen LogP contribution in [0, 0.1) is 0 Å². The highest BCUT2D eigenvalue weighted by Crippen LogP contribution is 2.16. The number of halogens is 1. The quantitative estimate of drug-likeness (QED) is 0.891. The van der Waals surface area contributed by atoms with E-state index in [9.17, 15) is 9.59 Å². The van der Waals surface area contributed by atoms with Crippen LogP contribution in [0.2, 0.25) is 0 Å². The van der Waals surface area contributed by atoms with Crippen LogP contribution in [0.15, 0.2) is 41.0 Å². The molecule has 0 spiro atoms. The lowest BCUT2D eigenvalue weighted by atomic mass is 10.2. The van der Waals surface area contributed by atoms with Crippen LogP contribution in [-0.4, -0.2) is 22.9 Å². The Kier molecular flexibility index (Phi) is 4.80. The Morgan fingerprint density at radius 2 is 1.86 bits per heavy atom. The largest absolute Gasteiger partial charge is 0.352 e. The van der Waals surface area contributed by atoms with Crippen LogP contribution in [0.1, 0.15) is 27.8 Å². The van der Waals surface area contributed by atoms with Crippen molar-refractivity contribution in [2.45, 2.75) is 6.92 Å². The van der Waals surface area contributed by atoms with Crippen molar-refractivity contribution in [2.75, 3.05) is 11.9 Å². The molecule has 2 amide bonds. The zero-order chi connectivity index (χ0) is 15.4. The third-order valence-corrected chi connectivity index (χ3v) is 3.38. The van der Waals surface area contributed by atoms with Crippen LogP contribution in [0.4, 0.5) is 5.69 Å². The number of aryl methyl sites for hydroxylation is 1. The molecule has 0 aliphatic rings. The number of nitrogens with one attached hydrogen (secondary N) is 2. The van der Waals surface area contributed by atoms with Gasteiger partial charge < -0.3 is 15.2 Å². The lowest BCUT2D eigenvalue weighted by molar-refractivity contribution is 0.0955. The minimum absolute atomic E-state index is 0.123. The molecule has 0 radical (unpaired) electrons. The molecule has 110 valence electrons. The Balaban J connectivity index is 2.08. The first-order chi connectivity index (χ1) is 10.0. The number of benzene rings is 1. The average molecular weight is 350 g/mol. The van der Waals surface area contributed by atoms with Gasteiger partial charge in [-0.1, -0.05) is 0 Å². The number of rotatable bonds is 4. The van der Waals surface area contributed by atoms with Gasteiger partial charge in [-0.25, -0.2) is 0 Å². The summed E-state index contributed by atoms with van der Waals surface area (Å²) in [5.41, 5.74) is 1.76. The Morgan fingerprint density at radius 1 is 1.19 bits per heavy atom. The van der Waals surface area contributed by atoms with Gasteiger partial charge in [0.05, 0.1) is 0 Å². The molecule has 0 saturated heterocycles. The fraction of sp³-hybridized carbons (Fsp3) is 0.200. The molecule has 2 N–H and O–H groups in total. The predicted molar refractivity (Wildman–Crippen MR) is 85.5 cm³/mol. The summed E-state index contributed by atoms with van der Waals surface area (Å²) in [5.74, 6) is -0.323. The van der Waals surface area contributed by atoms with E-state index >= 15 is 0 Å². The minimum atomic E-state index is -0.200. The zero-order valence-electron chi connectivity index (χ0n) is 11.8. The van der Waals surface area contributed by atoms with Gasteiger partial charge in [-0.3, -0.25) is 9.59 Å². The van der Waals surface area contributed by atoms with Crippen molar-refractivity contribution in [3.05, 3.63) is 52.3 Å². The van der Waals surface area contributed by atoms with Gasteiger partial charge in [-0.2, -0.15) is 0 Å². The molecule has 1 aromatic heterocycles. The summed E-state index contributed by atoms with van der Waals surface area (Å²) in [5, 5.41) is 5.52. The van der Waals surface area contributed by atoms with E-state index in [4.69, 9.17) is 0 Å². The minimum Gasteiger partial charge on any atom is -0.352 e. The number of anilines is 1. The molecule has 1 aromatic carbocycles. The second-order valence-corrected chi connectivity index (χ2v) is 5.46. The molecule has 0 saturated carbocycles. The highest BCUT2D eigenvalue weighted by Gasteiger charge is 2.11. The van der Waals surface area contributed by atoms with Crippen LogP contribution in [-0.2, 0) is 7.05 Å². The van der Waals surface area contributed by atoms with Crippen molar-refractivity contribution >= 4 is 33.4 Å². The number of hydrogen-bond donors (Lipinski definition) is 2. The molecular formula is C15H16BrN3O2. The second-order valence-electron chi connectivity index (χ2n) is 4.55. The third-order valence-electron chi connectivity index (χ3n) is 2.95. The van der Waals surface area contributed by atoms with Crippen molar-refractivity contribution in [1.82, 2.24) is 9.88 Å². The number of carbonyl (C=O) groups is 2. The number of hydrogen-bond acceptors (Lipinski definition) is 2. The average Bonchev–Trinajstić information content (AvgIpc) is 2.79. The van der Waals surface area contributed by atoms with Gasteiger partial charge in [-0.05, 0) is 53.2 Å². The van der Waals surface area contributed by atoms with Crippen LogP contribution >= 0.6 is 15.9 Å². The Hall–Kier alpha value is -2.08. The SMILES string of the molecule is CCNC(=O)c1ccc(NC(=O)c2cc(Br)cn2C)cc1. The van der Waals surface area contributed by atoms with Crippen molar-refractivity contribution in [2.24, 2.45) is 7.05 Å². The van der Waals surface area contributed by atoms with E-state index in [0.717, 1.165) is 4.47 Å². The Labute approximate surface area is 131 Å². The molecule has 0 aliphatic heterocycles. The van der Waals surface area contributed by atoms with Crippen LogP contribution in [0.5, 0.6) is 0 Å². The Morgan fingerprint density at radius 3 is 2.38 bits per heavy atom. The smallest absolute Gasteiger partial charge is 0.272 e. The van der Waals surface area contributed by atoms with Crippen molar-refractivity contribution < 1.29 is 9.59 Å². The van der Waals surface area contributed by atoms with Gasteiger partial charge in [0.2, 0.25) is 0 Å². The van der Waals surface area contributed by atoms with Gasteiger partial charge in [0.15, 0.2) is 0 Å². The molecule has 2 aromatic rings. The first-order valence-electron chi connectivity index (χ1n) is 6.52. The number of aromatic nitrogens is 1. The fourth-order valence-corrected chi connectivity index (χ4v) is 2.44. The molecule has 0 unspecified atom stereocenters. The van der Waals surface area contributed by atoms with E-state index < -0.39 is 0 Å². The van der Waals surface area contributed by atoms with E-state index in [0.29, 0.717) is 23.5 Å². The van der Waals surface area contributed by atoms with Crippen LogP contribution in [0.25, 0.3) is 0 Å². The first kappa shape index (κ1) is 15.3. The summed E-state index contributed by atoms with van der Waals surface area (Å²) in [6.07, 6.45) is 1.81. The van der Waals surface area contributed by atoms with Crippen molar-refractivity contribution in [1.29, 1.82) is 0 Å². The van der Waals surface area contributed by atoms with Crippen LogP contribution < -0.4 is 10.6 Å². The number of nitrogens with zero attached hydrogens (tertiary/aromatic N) is 1. The molecule has 6 heteroatoms. The molecule has 0 aliphatic carbocycles. The zero-order valence-corrected chi connectivity index (χ0v) is 13.4. The van der Waals surface area contributed by atoms with Gasteiger partial charge in [0.25, 0.3) is 11.8 Å². The highest BCUT2D eigenvalue weighted by molar-refractivity contribution is 9.10. The predicted octanol–water partition coefficient (Wildman–Crippen LogP) is 2.79. The van der Waals surface area contributed by atoms with Gasteiger partial charge in [-0.15, -0.1) is 0 Å². The second kappa shape index (κ2) is 6.58. The fourth-order valence-electron chi connectivity index (χ4n) is 1.91. The lowest BCUT2D eigenvalue weighted by Gasteiger charge is -2.07. The standard InChI is InChI=1S/C15H16BrN3O2/c1-3-17-14(20)10-4-6-12(7-5-10)18-15(21)13-8-11(16)9-19(13)2/h4-9H,3H2,1-2H3,(H,17,20)(H,18,21). The van der Waals surface area contributed by atoms with E-state index in [1.54, 1.807) is 41.9 Å². The normalized spacial score (nSPS) is 10.2. The van der Waals surface area contributed by atoms with E-state index in [1.165, 1.54) is 0 Å². The highest BCUT2D eigenvalue weighted by atomic mass is 79.9. The summed E-state index contributed by atoms with van der Waals surface area (Å²) < 4.78 is 2.59. The van der Waals surface area contributed by atoms with Gasteiger partial charge in [0.1, 0.15) is 5.69 Å². The van der Waals surface area contributed by atoms with E-state index in [2.05, 4.69) is 26.6 Å². The third kappa shape index (κ3) is 3.72. The molecule has 1 heterocycles. The molecule has 0 bridgehead atoms. The molecule has 5 nitrogen and oxygen atoms in total.